The Bertz CT molecular complexity index is 414. The Morgan fingerprint density at radius 1 is 1.37 bits per heavy atom. The zero-order valence-corrected chi connectivity index (χ0v) is 11.3. The summed E-state index contributed by atoms with van der Waals surface area (Å²) in [4.78, 5) is 15.9. The fourth-order valence-corrected chi connectivity index (χ4v) is 2.66. The van der Waals surface area contributed by atoms with Crippen LogP contribution in [0.4, 0.5) is 5.82 Å². The van der Waals surface area contributed by atoms with Gasteiger partial charge in [-0.05, 0) is 30.0 Å². The van der Waals surface area contributed by atoms with E-state index in [1.807, 2.05) is 0 Å². The van der Waals surface area contributed by atoms with E-state index in [-0.39, 0.29) is 12.5 Å². The van der Waals surface area contributed by atoms with E-state index in [9.17, 15) is 4.79 Å². The molecule has 4 heteroatoms. The molecule has 0 atom stereocenters. The fraction of sp³-hybridized carbons (Fsp3) is 0.600. The Hall–Kier alpha value is -1.42. The molecule has 1 aliphatic carbocycles. The summed E-state index contributed by atoms with van der Waals surface area (Å²) in [5, 5.41) is 11.8. The molecular formula is C15H22N2O2. The lowest BCUT2D eigenvalue weighted by Gasteiger charge is -2.20. The van der Waals surface area contributed by atoms with Gasteiger partial charge >= 0.3 is 0 Å². The van der Waals surface area contributed by atoms with Crippen LogP contribution in [0.15, 0.2) is 18.3 Å². The standard InChI is InChI=1S/C15H22N2O2/c18-11-13-8-9-16-14(10-13)17-15(19)7-6-12-4-2-1-3-5-12/h8-10,12,18H,1-7,11H2,(H,16,17,19). The van der Waals surface area contributed by atoms with Crippen molar-refractivity contribution in [3.63, 3.8) is 0 Å². The number of pyridine rings is 1. The number of nitrogens with one attached hydrogen (secondary N) is 1. The van der Waals surface area contributed by atoms with Crippen molar-refractivity contribution in [1.82, 2.24) is 4.98 Å². The molecule has 1 aliphatic rings. The second kappa shape index (κ2) is 7.24. The van der Waals surface area contributed by atoms with Crippen LogP contribution in [0.25, 0.3) is 0 Å². The van der Waals surface area contributed by atoms with Gasteiger partial charge in [0.2, 0.25) is 5.91 Å². The molecule has 1 heterocycles. The molecular weight excluding hydrogens is 240 g/mol. The molecule has 2 rings (SSSR count). The molecule has 19 heavy (non-hydrogen) atoms. The van der Waals surface area contributed by atoms with Gasteiger partial charge in [-0.2, -0.15) is 0 Å². The van der Waals surface area contributed by atoms with Crippen LogP contribution in [0, 0.1) is 5.92 Å². The van der Waals surface area contributed by atoms with Crippen LogP contribution in [0.3, 0.4) is 0 Å². The summed E-state index contributed by atoms with van der Waals surface area (Å²) in [6, 6.07) is 3.44. The summed E-state index contributed by atoms with van der Waals surface area (Å²) in [6.07, 6.45) is 9.65. The van der Waals surface area contributed by atoms with Crippen molar-refractivity contribution in [1.29, 1.82) is 0 Å². The van der Waals surface area contributed by atoms with Gasteiger partial charge in [-0.1, -0.05) is 32.1 Å². The number of rotatable bonds is 5. The predicted molar refractivity (Wildman–Crippen MR) is 74.6 cm³/mol. The Morgan fingerprint density at radius 2 is 2.16 bits per heavy atom. The van der Waals surface area contributed by atoms with Crippen molar-refractivity contribution < 1.29 is 9.90 Å². The zero-order valence-electron chi connectivity index (χ0n) is 11.3. The highest BCUT2D eigenvalue weighted by atomic mass is 16.3. The minimum Gasteiger partial charge on any atom is -0.392 e. The van der Waals surface area contributed by atoms with Crippen LogP contribution in [0.5, 0.6) is 0 Å². The molecule has 0 saturated heterocycles. The second-order valence-electron chi connectivity index (χ2n) is 5.30. The first-order valence-electron chi connectivity index (χ1n) is 7.13. The monoisotopic (exact) mass is 262 g/mol. The molecule has 104 valence electrons. The Balaban J connectivity index is 1.76. The largest absolute Gasteiger partial charge is 0.392 e. The van der Waals surface area contributed by atoms with Gasteiger partial charge in [-0.15, -0.1) is 0 Å². The van der Waals surface area contributed by atoms with E-state index in [1.54, 1.807) is 18.3 Å². The van der Waals surface area contributed by atoms with Crippen LogP contribution < -0.4 is 5.32 Å². The molecule has 1 aromatic heterocycles. The first-order chi connectivity index (χ1) is 9.28. The predicted octanol–water partition coefficient (Wildman–Crippen LogP) is 2.87. The van der Waals surface area contributed by atoms with Gasteiger partial charge in [0.25, 0.3) is 0 Å². The second-order valence-corrected chi connectivity index (χ2v) is 5.30. The topological polar surface area (TPSA) is 62.2 Å². The van der Waals surface area contributed by atoms with Crippen LogP contribution in [0.2, 0.25) is 0 Å². The molecule has 4 nitrogen and oxygen atoms in total. The molecule has 1 saturated carbocycles. The van der Waals surface area contributed by atoms with Crippen LogP contribution in [-0.4, -0.2) is 16.0 Å². The fourth-order valence-electron chi connectivity index (χ4n) is 2.66. The van der Waals surface area contributed by atoms with E-state index in [0.717, 1.165) is 17.9 Å². The van der Waals surface area contributed by atoms with Crippen molar-refractivity contribution in [2.24, 2.45) is 5.92 Å². The Kier molecular flexibility index (Phi) is 5.33. The number of aromatic nitrogens is 1. The number of aliphatic hydroxyl groups excluding tert-OH is 1. The van der Waals surface area contributed by atoms with Gasteiger partial charge in [0.05, 0.1) is 6.61 Å². The van der Waals surface area contributed by atoms with E-state index < -0.39 is 0 Å². The summed E-state index contributed by atoms with van der Waals surface area (Å²) in [5.41, 5.74) is 0.762. The third-order valence-electron chi connectivity index (χ3n) is 3.78. The van der Waals surface area contributed by atoms with Crippen molar-refractivity contribution in [3.8, 4) is 0 Å². The van der Waals surface area contributed by atoms with E-state index in [0.29, 0.717) is 12.2 Å². The molecule has 2 N–H and O–H groups in total. The van der Waals surface area contributed by atoms with Crippen molar-refractivity contribution in [2.45, 2.75) is 51.6 Å². The number of amides is 1. The van der Waals surface area contributed by atoms with Crippen LogP contribution in [0.1, 0.15) is 50.5 Å². The number of anilines is 1. The number of aliphatic hydroxyl groups is 1. The molecule has 0 bridgehead atoms. The van der Waals surface area contributed by atoms with E-state index in [2.05, 4.69) is 10.3 Å². The smallest absolute Gasteiger partial charge is 0.225 e. The number of hydrogen-bond acceptors (Lipinski definition) is 3. The normalized spacial score (nSPS) is 16.3. The van der Waals surface area contributed by atoms with E-state index in [1.165, 1.54) is 32.1 Å². The average Bonchev–Trinajstić information content (AvgIpc) is 2.46. The van der Waals surface area contributed by atoms with Gasteiger partial charge in [0.15, 0.2) is 0 Å². The molecule has 0 aromatic carbocycles. The number of hydrogen-bond donors (Lipinski definition) is 2. The summed E-state index contributed by atoms with van der Waals surface area (Å²) in [7, 11) is 0. The van der Waals surface area contributed by atoms with E-state index >= 15 is 0 Å². The van der Waals surface area contributed by atoms with Gasteiger partial charge in [0, 0.05) is 12.6 Å². The quantitative estimate of drug-likeness (QED) is 0.857. The highest BCUT2D eigenvalue weighted by molar-refractivity contribution is 5.89. The zero-order chi connectivity index (χ0) is 13.5. The molecule has 0 aliphatic heterocycles. The van der Waals surface area contributed by atoms with Gasteiger partial charge in [0.1, 0.15) is 5.82 Å². The lowest BCUT2D eigenvalue weighted by Crippen LogP contribution is -2.15. The summed E-state index contributed by atoms with van der Waals surface area (Å²) >= 11 is 0. The summed E-state index contributed by atoms with van der Waals surface area (Å²) in [6.45, 7) is -0.0343. The van der Waals surface area contributed by atoms with Crippen molar-refractivity contribution >= 4 is 11.7 Å². The maximum atomic E-state index is 11.8. The van der Waals surface area contributed by atoms with Gasteiger partial charge in [-0.25, -0.2) is 4.98 Å². The Morgan fingerprint density at radius 3 is 2.89 bits per heavy atom. The Labute approximate surface area is 114 Å². The highest BCUT2D eigenvalue weighted by Crippen LogP contribution is 2.27. The maximum absolute atomic E-state index is 11.8. The van der Waals surface area contributed by atoms with Crippen molar-refractivity contribution in [2.75, 3.05) is 5.32 Å². The summed E-state index contributed by atoms with van der Waals surface area (Å²) in [5.74, 6) is 1.27. The molecule has 1 amide bonds. The third kappa shape index (κ3) is 4.63. The SMILES string of the molecule is O=C(CCC1CCCCC1)Nc1cc(CO)ccn1. The summed E-state index contributed by atoms with van der Waals surface area (Å²) < 4.78 is 0. The molecule has 0 spiro atoms. The van der Waals surface area contributed by atoms with Gasteiger partial charge < -0.3 is 10.4 Å². The molecule has 0 unspecified atom stereocenters. The number of carbonyl (C=O) groups is 1. The number of nitrogens with zero attached hydrogens (tertiary/aromatic N) is 1. The average molecular weight is 262 g/mol. The first-order valence-corrected chi connectivity index (χ1v) is 7.13. The lowest BCUT2D eigenvalue weighted by atomic mass is 9.86. The van der Waals surface area contributed by atoms with Crippen molar-refractivity contribution in [3.05, 3.63) is 23.9 Å². The minimum atomic E-state index is -0.0343. The lowest BCUT2D eigenvalue weighted by molar-refractivity contribution is -0.116. The highest BCUT2D eigenvalue weighted by Gasteiger charge is 2.15. The van der Waals surface area contributed by atoms with Crippen LogP contribution in [-0.2, 0) is 11.4 Å². The van der Waals surface area contributed by atoms with Gasteiger partial charge in [-0.3, -0.25) is 4.79 Å². The number of carbonyl (C=O) groups excluding carboxylic acids is 1. The molecule has 0 radical (unpaired) electrons. The first kappa shape index (κ1) is 14.0. The molecule has 1 aromatic rings. The van der Waals surface area contributed by atoms with Crippen LogP contribution >= 0.6 is 0 Å². The van der Waals surface area contributed by atoms with E-state index in [4.69, 9.17) is 5.11 Å². The third-order valence-corrected chi connectivity index (χ3v) is 3.78. The maximum Gasteiger partial charge on any atom is 0.225 e. The molecule has 1 fully saturated rings. The minimum absolute atomic E-state index is 0.0214.